The molecule has 0 aliphatic carbocycles. The van der Waals surface area contributed by atoms with E-state index < -0.39 is 59.5 Å². The van der Waals surface area contributed by atoms with Crippen molar-refractivity contribution < 1.29 is 80.0 Å². The Bertz CT molecular complexity index is 3810. The van der Waals surface area contributed by atoms with Gasteiger partial charge in [0, 0.05) is 56.2 Å². The van der Waals surface area contributed by atoms with E-state index in [2.05, 4.69) is 23.1 Å². The molecule has 1 saturated heterocycles. The van der Waals surface area contributed by atoms with Gasteiger partial charge in [-0.1, -0.05) is 56.3 Å². The average Bonchev–Trinajstić information content (AvgIpc) is 3.68. The fourth-order valence-electron chi connectivity index (χ4n) is 11.4. The first-order chi connectivity index (χ1) is 41.7. The molecular formula is C64H67N5O17S. The molecule has 23 heteroatoms. The number of amides is 2. The summed E-state index contributed by atoms with van der Waals surface area (Å²) in [4.78, 5) is 56.8. The van der Waals surface area contributed by atoms with Crippen molar-refractivity contribution in [3.8, 4) is 40.2 Å². The van der Waals surface area contributed by atoms with Crippen LogP contribution in [0.5, 0.6) is 40.2 Å². The summed E-state index contributed by atoms with van der Waals surface area (Å²) in [6.45, 7) is 4.34. The molecule has 0 saturated carbocycles. The van der Waals surface area contributed by atoms with Crippen molar-refractivity contribution in [1.82, 2.24) is 14.7 Å². The van der Waals surface area contributed by atoms with Crippen molar-refractivity contribution in [2.45, 2.75) is 109 Å². The largest absolute Gasteiger partial charge is 0.501 e. The van der Waals surface area contributed by atoms with Gasteiger partial charge in [-0.15, -0.1) is 8.42 Å². The van der Waals surface area contributed by atoms with Crippen LogP contribution in [0, 0.1) is 5.92 Å². The topological polar surface area (TPSA) is 275 Å². The van der Waals surface area contributed by atoms with Crippen molar-refractivity contribution >= 4 is 51.8 Å². The van der Waals surface area contributed by atoms with Gasteiger partial charge in [0.2, 0.25) is 6.29 Å². The van der Waals surface area contributed by atoms with Gasteiger partial charge in [0.25, 0.3) is 11.8 Å². The number of carbonyl (C=O) groups is 3. The van der Waals surface area contributed by atoms with Crippen LogP contribution in [0.3, 0.4) is 0 Å². The highest BCUT2D eigenvalue weighted by molar-refractivity contribution is 7.82. The number of aliphatic hydroxyl groups excluding tert-OH is 4. The minimum absolute atomic E-state index is 0.0388. The van der Waals surface area contributed by atoms with Crippen LogP contribution in [0.4, 0.5) is 11.4 Å². The number of carbonyl (C=O) groups excluding carboxylic acids is 3. The van der Waals surface area contributed by atoms with E-state index in [0.29, 0.717) is 65.7 Å². The Labute approximate surface area is 503 Å². The molecule has 6 aromatic carbocycles. The Kier molecular flexibility index (Phi) is 17.4. The first-order valence-corrected chi connectivity index (χ1v) is 29.7. The number of Topliss-reactive ketones (excluding diaryl/α,β-unsaturated/α-hetero) is 1. The zero-order valence-electron chi connectivity index (χ0n) is 48.7. The van der Waals surface area contributed by atoms with Gasteiger partial charge in [-0.05, 0) is 120 Å². The molecule has 0 aromatic heterocycles. The van der Waals surface area contributed by atoms with Gasteiger partial charge in [0.05, 0.1) is 55.4 Å². The zero-order valence-corrected chi connectivity index (χ0v) is 49.5. The molecule has 5 heterocycles. The van der Waals surface area contributed by atoms with Crippen LogP contribution in [0.15, 0.2) is 113 Å². The molecule has 456 valence electrons. The molecule has 0 radical (unpaired) electrons. The van der Waals surface area contributed by atoms with Crippen LogP contribution in [-0.2, 0) is 60.8 Å². The fourth-order valence-corrected chi connectivity index (χ4v) is 12.1. The number of hydrogen-bond donors (Lipinski definition) is 4. The smallest absolute Gasteiger partial charge is 0.493 e. The van der Waals surface area contributed by atoms with Crippen molar-refractivity contribution in [3.05, 3.63) is 159 Å². The van der Waals surface area contributed by atoms with Crippen molar-refractivity contribution in [1.29, 1.82) is 0 Å². The molecule has 11 rings (SSSR count). The maximum Gasteiger partial charge on any atom is 0.501 e. The minimum Gasteiger partial charge on any atom is -0.493 e. The SMILES string of the molecule is COc1cc2c(cc1OCc1cc(COc3cc4c(cc3OC)C(=O)N3Cc5cc(OS(=O)(=O)Oc6cc(C(=O)CC(C)C)ccc6OC6O[C@H](CO)[C@H](O)[C@H](O)[C@H]6O)ccc5C[C@H]3C=N4)cc(CN(C)C)c1)N=C[C@@H]1Cc3ccccc3CN1C2=O. The summed E-state index contributed by atoms with van der Waals surface area (Å²) in [5.41, 5.74) is 7.98. The summed E-state index contributed by atoms with van der Waals surface area (Å²) in [6, 6.07) is 28.6. The zero-order chi connectivity index (χ0) is 61.4. The lowest BCUT2D eigenvalue weighted by molar-refractivity contribution is -0.277. The second-order valence-electron chi connectivity index (χ2n) is 22.8. The predicted octanol–water partition coefficient (Wildman–Crippen LogP) is 6.60. The highest BCUT2D eigenvalue weighted by atomic mass is 32.3. The third-order valence-electron chi connectivity index (χ3n) is 15.7. The van der Waals surface area contributed by atoms with E-state index in [1.165, 1.54) is 44.0 Å². The molecule has 0 bridgehead atoms. The predicted molar refractivity (Wildman–Crippen MR) is 317 cm³/mol. The van der Waals surface area contributed by atoms with Crippen molar-refractivity contribution in [3.63, 3.8) is 0 Å². The maximum atomic E-state index is 14.6. The van der Waals surface area contributed by atoms with E-state index in [0.717, 1.165) is 33.9 Å². The summed E-state index contributed by atoms with van der Waals surface area (Å²) >= 11 is 0. The van der Waals surface area contributed by atoms with Crippen molar-refractivity contribution in [2.24, 2.45) is 15.9 Å². The quantitative estimate of drug-likeness (QED) is 0.0586. The number of aliphatic imine (C=N–C) groups is 2. The van der Waals surface area contributed by atoms with E-state index in [4.69, 9.17) is 46.8 Å². The average molecular weight is 1210 g/mol. The van der Waals surface area contributed by atoms with Gasteiger partial charge in [0.1, 0.15) is 43.4 Å². The number of hydrogen-bond acceptors (Lipinski definition) is 20. The van der Waals surface area contributed by atoms with Gasteiger partial charge in [-0.3, -0.25) is 24.4 Å². The molecule has 1 fully saturated rings. The third kappa shape index (κ3) is 13.0. The molecule has 2 amide bonds. The van der Waals surface area contributed by atoms with Crippen LogP contribution in [0.2, 0.25) is 0 Å². The van der Waals surface area contributed by atoms with E-state index in [1.54, 1.807) is 41.4 Å². The van der Waals surface area contributed by atoms with Gasteiger partial charge in [-0.2, -0.15) is 0 Å². The molecule has 7 atom stereocenters. The van der Waals surface area contributed by atoms with Crippen LogP contribution in [0.1, 0.15) is 90.3 Å². The lowest BCUT2D eigenvalue weighted by Gasteiger charge is -2.39. The highest BCUT2D eigenvalue weighted by Crippen LogP contribution is 2.42. The normalized spacial score (nSPS) is 21.1. The van der Waals surface area contributed by atoms with Crippen LogP contribution in [0.25, 0.3) is 0 Å². The Hall–Kier alpha value is -8.42. The molecule has 22 nitrogen and oxygen atoms in total. The molecule has 5 aliphatic heterocycles. The molecule has 87 heavy (non-hydrogen) atoms. The van der Waals surface area contributed by atoms with E-state index in [1.807, 2.05) is 63.3 Å². The number of methoxy groups -OCH3 is 2. The van der Waals surface area contributed by atoms with E-state index >= 15 is 0 Å². The van der Waals surface area contributed by atoms with Gasteiger partial charge in [-0.25, -0.2) is 0 Å². The van der Waals surface area contributed by atoms with Gasteiger partial charge < -0.3 is 71.9 Å². The number of ether oxygens (including phenoxy) is 6. The monoisotopic (exact) mass is 1210 g/mol. The number of benzene rings is 6. The molecule has 0 spiro atoms. The van der Waals surface area contributed by atoms with Crippen LogP contribution < -0.4 is 32.1 Å². The maximum absolute atomic E-state index is 14.6. The number of fused-ring (bicyclic) bond motifs is 6. The summed E-state index contributed by atoms with van der Waals surface area (Å²) in [7, 11) is 1.95. The van der Waals surface area contributed by atoms with Gasteiger partial charge >= 0.3 is 10.4 Å². The number of ketones is 1. The lowest BCUT2D eigenvalue weighted by atomic mass is 9.94. The first-order valence-electron chi connectivity index (χ1n) is 28.4. The Balaban J connectivity index is 0.777. The summed E-state index contributed by atoms with van der Waals surface area (Å²) in [5, 5.41) is 41.1. The van der Waals surface area contributed by atoms with Crippen molar-refractivity contribution in [2.75, 3.05) is 34.9 Å². The molecule has 1 unspecified atom stereocenters. The van der Waals surface area contributed by atoms with Crippen LogP contribution >= 0.6 is 0 Å². The minimum atomic E-state index is -5.02. The first kappa shape index (κ1) is 60.3. The number of rotatable bonds is 20. The fraction of sp³-hybridized carbons (Fsp3) is 0.359. The lowest BCUT2D eigenvalue weighted by Crippen LogP contribution is -2.60. The molecule has 5 aliphatic rings. The second kappa shape index (κ2) is 25.1. The Morgan fingerprint density at radius 3 is 1.80 bits per heavy atom. The molecular weight excluding hydrogens is 1140 g/mol. The molecule has 4 N–H and O–H groups in total. The Morgan fingerprint density at radius 2 is 1.23 bits per heavy atom. The number of nitrogens with zero attached hydrogens (tertiary/aromatic N) is 5. The van der Waals surface area contributed by atoms with E-state index in [9.17, 15) is 43.2 Å². The number of aliphatic hydroxyl groups is 4. The standard InChI is InChI=1S/C64H67N5O17S/c1-35(2)15-51(71)41-12-14-52(83-64-61(74)60(73)59(72)58(32-70)84-64)57(22-41)86-87(77,78)85-46-13-11-40-20-45-28-66-50-26-56(54(80-6)24-48(50)63(76)69(45)31-43(40)21-46)82-34-38-17-36(29-67(3)4)16-37(18-38)33-81-55-25-49-47(23-53(55)79-5)62(75)68-30-42-10-8-7-9-39(42)19-44(68)27-65-49/h7-14,16-18,21-28,35,44-45,58-61,64,70,72-74H,15,19-20,29-34H2,1-6H3/t44-,45-,58+,59-,60-,61+,64?/m0/s1. The molecule has 6 aromatic rings. The Morgan fingerprint density at radius 1 is 0.655 bits per heavy atom. The van der Waals surface area contributed by atoms with Gasteiger partial charge in [0.15, 0.2) is 40.3 Å². The third-order valence-corrected chi connectivity index (χ3v) is 16.5. The highest BCUT2D eigenvalue weighted by Gasteiger charge is 2.45. The van der Waals surface area contributed by atoms with Crippen LogP contribution in [-0.4, -0.2) is 151 Å². The summed E-state index contributed by atoms with van der Waals surface area (Å²) < 4.78 is 74.2. The summed E-state index contributed by atoms with van der Waals surface area (Å²) in [6.07, 6.45) is -3.73. The summed E-state index contributed by atoms with van der Waals surface area (Å²) in [5.74, 6) is -0.437. The second-order valence-corrected chi connectivity index (χ2v) is 23.9. The van der Waals surface area contributed by atoms with E-state index in [-0.39, 0.29) is 84.1 Å².